The van der Waals surface area contributed by atoms with Crippen molar-refractivity contribution in [3.63, 3.8) is 0 Å². The molecule has 2 aromatic rings. The molecule has 0 aliphatic carbocycles. The lowest BCUT2D eigenvalue weighted by Crippen LogP contribution is -2.35. The van der Waals surface area contributed by atoms with Gasteiger partial charge in [-0.2, -0.15) is 0 Å². The quantitative estimate of drug-likeness (QED) is 0.728. The Labute approximate surface area is 151 Å². The van der Waals surface area contributed by atoms with Gasteiger partial charge in [-0.05, 0) is 42.7 Å². The molecular weight excluding hydrogens is 332 g/mol. The van der Waals surface area contributed by atoms with Gasteiger partial charge in [0.05, 0.1) is 6.10 Å². The summed E-state index contributed by atoms with van der Waals surface area (Å²) >= 11 is 0. The van der Waals surface area contributed by atoms with Crippen LogP contribution in [0, 0.1) is 0 Å². The van der Waals surface area contributed by atoms with Gasteiger partial charge < -0.3 is 21.1 Å². The molecule has 1 fully saturated rings. The van der Waals surface area contributed by atoms with Crippen LogP contribution in [-0.2, 0) is 16.1 Å². The maximum atomic E-state index is 12.2. The fourth-order valence-electron chi connectivity index (χ4n) is 2.79. The first-order valence-electron chi connectivity index (χ1n) is 8.59. The normalized spacial score (nSPS) is 19.1. The highest BCUT2D eigenvalue weighted by Crippen LogP contribution is 2.19. The van der Waals surface area contributed by atoms with Crippen molar-refractivity contribution in [1.82, 2.24) is 10.3 Å². The summed E-state index contributed by atoms with van der Waals surface area (Å²) in [6, 6.07) is 10.5. The summed E-state index contributed by atoms with van der Waals surface area (Å²) in [4.78, 5) is 28.2. The molecule has 26 heavy (non-hydrogen) atoms. The lowest BCUT2D eigenvalue weighted by molar-refractivity contribution is -0.132. The number of nitrogens with one attached hydrogen (secondary N) is 2. The van der Waals surface area contributed by atoms with Crippen LogP contribution in [0.25, 0.3) is 0 Å². The van der Waals surface area contributed by atoms with Crippen LogP contribution in [0.5, 0.6) is 0 Å². The standard InChI is InChI=1S/C19H22N4O3/c20-11-16-5-6-17(26-16)19(25)22-12-13-1-3-14(4-2-13)18(24)23-15-7-9-21-10-8-15/h1-4,7-10,16-17H,5-6,11-12,20H2,(H,22,25)(H,21,23,24)/t16-,17+/m1/s1. The summed E-state index contributed by atoms with van der Waals surface area (Å²) in [6.07, 6.45) is 4.30. The number of carbonyl (C=O) groups is 2. The van der Waals surface area contributed by atoms with Gasteiger partial charge in [-0.25, -0.2) is 0 Å². The van der Waals surface area contributed by atoms with Gasteiger partial charge in [-0.1, -0.05) is 12.1 Å². The van der Waals surface area contributed by atoms with E-state index >= 15 is 0 Å². The summed E-state index contributed by atoms with van der Waals surface area (Å²) in [5.74, 6) is -0.320. The second-order valence-electron chi connectivity index (χ2n) is 6.16. The van der Waals surface area contributed by atoms with Crippen LogP contribution in [0.2, 0.25) is 0 Å². The number of ether oxygens (including phenoxy) is 1. The number of hydrogen-bond donors (Lipinski definition) is 3. The highest BCUT2D eigenvalue weighted by atomic mass is 16.5. The molecule has 1 aliphatic heterocycles. The zero-order valence-corrected chi connectivity index (χ0v) is 14.4. The summed E-state index contributed by atoms with van der Waals surface area (Å²) < 4.78 is 5.57. The molecule has 1 aliphatic rings. The van der Waals surface area contributed by atoms with Crippen LogP contribution >= 0.6 is 0 Å². The Kier molecular flexibility index (Phi) is 5.93. The van der Waals surface area contributed by atoms with Gasteiger partial charge in [0, 0.05) is 36.7 Å². The van der Waals surface area contributed by atoms with Gasteiger partial charge >= 0.3 is 0 Å². The smallest absolute Gasteiger partial charge is 0.255 e. The van der Waals surface area contributed by atoms with E-state index in [1.54, 1.807) is 36.7 Å². The molecule has 0 spiro atoms. The van der Waals surface area contributed by atoms with E-state index in [0.29, 0.717) is 30.8 Å². The molecule has 3 rings (SSSR count). The first kappa shape index (κ1) is 18.0. The number of benzene rings is 1. The third-order valence-corrected chi connectivity index (χ3v) is 4.28. The Hall–Kier alpha value is -2.77. The first-order valence-corrected chi connectivity index (χ1v) is 8.59. The van der Waals surface area contributed by atoms with Crippen LogP contribution in [-0.4, -0.2) is 35.6 Å². The fourth-order valence-corrected chi connectivity index (χ4v) is 2.79. The minimum atomic E-state index is -0.422. The number of pyridine rings is 1. The van der Waals surface area contributed by atoms with E-state index in [9.17, 15) is 9.59 Å². The molecule has 0 unspecified atom stereocenters. The van der Waals surface area contributed by atoms with Crippen molar-refractivity contribution < 1.29 is 14.3 Å². The topological polar surface area (TPSA) is 106 Å². The molecule has 0 radical (unpaired) electrons. The molecule has 1 saturated heterocycles. The highest BCUT2D eigenvalue weighted by molar-refractivity contribution is 6.04. The van der Waals surface area contributed by atoms with Gasteiger partial charge in [0.15, 0.2) is 0 Å². The number of carbonyl (C=O) groups excluding carboxylic acids is 2. The summed E-state index contributed by atoms with van der Waals surface area (Å²) in [5, 5.41) is 5.66. The minimum absolute atomic E-state index is 0.0241. The lowest BCUT2D eigenvalue weighted by atomic mass is 10.1. The number of rotatable bonds is 6. The molecule has 7 heteroatoms. The third kappa shape index (κ3) is 4.65. The number of hydrogen-bond acceptors (Lipinski definition) is 5. The molecule has 4 N–H and O–H groups in total. The van der Waals surface area contributed by atoms with E-state index in [4.69, 9.17) is 10.5 Å². The highest BCUT2D eigenvalue weighted by Gasteiger charge is 2.29. The van der Waals surface area contributed by atoms with Crippen molar-refractivity contribution in [3.05, 3.63) is 59.9 Å². The summed E-state index contributed by atoms with van der Waals surface area (Å²) in [6.45, 7) is 0.824. The van der Waals surface area contributed by atoms with Crippen molar-refractivity contribution in [2.45, 2.75) is 31.6 Å². The molecule has 1 aromatic heterocycles. The summed E-state index contributed by atoms with van der Waals surface area (Å²) in [5.41, 5.74) is 7.70. The van der Waals surface area contributed by atoms with E-state index in [1.807, 2.05) is 12.1 Å². The molecule has 0 saturated carbocycles. The molecule has 2 amide bonds. The van der Waals surface area contributed by atoms with Crippen molar-refractivity contribution in [1.29, 1.82) is 0 Å². The van der Waals surface area contributed by atoms with E-state index < -0.39 is 6.10 Å². The zero-order valence-electron chi connectivity index (χ0n) is 14.4. The Morgan fingerprint density at radius 2 is 1.85 bits per heavy atom. The van der Waals surface area contributed by atoms with Crippen LogP contribution < -0.4 is 16.4 Å². The number of aromatic nitrogens is 1. The monoisotopic (exact) mass is 354 g/mol. The Morgan fingerprint density at radius 1 is 1.12 bits per heavy atom. The lowest BCUT2D eigenvalue weighted by Gasteiger charge is -2.13. The molecule has 136 valence electrons. The summed E-state index contributed by atoms with van der Waals surface area (Å²) in [7, 11) is 0. The second kappa shape index (κ2) is 8.55. The second-order valence-corrected chi connectivity index (χ2v) is 6.16. The van der Waals surface area contributed by atoms with Gasteiger partial charge in [-0.15, -0.1) is 0 Å². The first-order chi connectivity index (χ1) is 12.7. The van der Waals surface area contributed by atoms with Gasteiger partial charge in [-0.3, -0.25) is 14.6 Å². The van der Waals surface area contributed by atoms with Crippen molar-refractivity contribution in [3.8, 4) is 0 Å². The Morgan fingerprint density at radius 3 is 2.50 bits per heavy atom. The Balaban J connectivity index is 1.50. The molecule has 0 bridgehead atoms. The Bertz CT molecular complexity index is 749. The third-order valence-electron chi connectivity index (χ3n) is 4.28. The average Bonchev–Trinajstić information content (AvgIpc) is 3.17. The van der Waals surface area contributed by atoms with Crippen molar-refractivity contribution in [2.24, 2.45) is 5.73 Å². The minimum Gasteiger partial charge on any atom is -0.364 e. The van der Waals surface area contributed by atoms with E-state index in [2.05, 4.69) is 15.6 Å². The predicted molar refractivity (Wildman–Crippen MR) is 97.4 cm³/mol. The van der Waals surface area contributed by atoms with E-state index in [0.717, 1.165) is 12.0 Å². The van der Waals surface area contributed by atoms with E-state index in [1.165, 1.54) is 0 Å². The average molecular weight is 354 g/mol. The molecule has 7 nitrogen and oxygen atoms in total. The number of amides is 2. The van der Waals surface area contributed by atoms with E-state index in [-0.39, 0.29) is 17.9 Å². The molecular formula is C19H22N4O3. The van der Waals surface area contributed by atoms with Crippen LogP contribution in [0.4, 0.5) is 5.69 Å². The SMILES string of the molecule is NC[C@H]1CC[C@@H](C(=O)NCc2ccc(C(=O)Nc3ccncc3)cc2)O1. The van der Waals surface area contributed by atoms with Crippen LogP contribution in [0.3, 0.4) is 0 Å². The van der Waals surface area contributed by atoms with Gasteiger partial charge in [0.1, 0.15) is 6.10 Å². The zero-order chi connectivity index (χ0) is 18.4. The molecule has 1 aromatic carbocycles. The predicted octanol–water partition coefficient (Wildman–Crippen LogP) is 1.46. The van der Waals surface area contributed by atoms with Crippen LogP contribution in [0.1, 0.15) is 28.8 Å². The van der Waals surface area contributed by atoms with Crippen molar-refractivity contribution >= 4 is 17.5 Å². The maximum absolute atomic E-state index is 12.2. The van der Waals surface area contributed by atoms with Gasteiger partial charge in [0.25, 0.3) is 5.91 Å². The largest absolute Gasteiger partial charge is 0.364 e. The fraction of sp³-hybridized carbons (Fsp3) is 0.316. The number of nitrogens with zero attached hydrogens (tertiary/aromatic N) is 1. The van der Waals surface area contributed by atoms with Gasteiger partial charge in [0.2, 0.25) is 5.91 Å². The van der Waals surface area contributed by atoms with Crippen LogP contribution in [0.15, 0.2) is 48.8 Å². The maximum Gasteiger partial charge on any atom is 0.255 e. The van der Waals surface area contributed by atoms with Crippen molar-refractivity contribution in [2.75, 3.05) is 11.9 Å². The number of nitrogens with two attached hydrogens (primary N) is 1. The number of anilines is 1. The molecule has 2 heterocycles. The molecule has 2 atom stereocenters.